The van der Waals surface area contributed by atoms with Crippen LogP contribution in [0.1, 0.15) is 12.0 Å². The zero-order valence-electron chi connectivity index (χ0n) is 24.3. The van der Waals surface area contributed by atoms with Crippen molar-refractivity contribution in [3.8, 4) is 11.5 Å². The molecule has 0 aromatic heterocycles. The van der Waals surface area contributed by atoms with E-state index in [1.54, 1.807) is 62.8 Å². The van der Waals surface area contributed by atoms with Crippen LogP contribution in [0.25, 0.3) is 5.57 Å². The molecule has 6 aliphatic rings. The molecular weight excluding hydrogens is 556 g/mol. The van der Waals surface area contributed by atoms with E-state index in [0.717, 1.165) is 16.7 Å². The van der Waals surface area contributed by atoms with E-state index in [1.165, 1.54) is 9.80 Å². The third kappa shape index (κ3) is 3.57. The van der Waals surface area contributed by atoms with Crippen LogP contribution in [0.4, 0.5) is 11.4 Å². The number of imide groups is 2. The Morgan fingerprint density at radius 3 is 1.73 bits per heavy atom. The van der Waals surface area contributed by atoms with Gasteiger partial charge in [-0.15, -0.1) is 0 Å². The number of fused-ring (bicyclic) bond motifs is 1. The maximum absolute atomic E-state index is 14.3. The molecule has 8 heteroatoms. The first kappa shape index (κ1) is 26.6. The van der Waals surface area contributed by atoms with Crippen molar-refractivity contribution in [3.05, 3.63) is 102 Å². The van der Waals surface area contributed by atoms with Crippen LogP contribution in [0, 0.1) is 41.4 Å². The van der Waals surface area contributed by atoms with Gasteiger partial charge in [-0.3, -0.25) is 29.0 Å². The summed E-state index contributed by atoms with van der Waals surface area (Å²) in [5.41, 5.74) is 4.03. The number of hydrogen-bond acceptors (Lipinski definition) is 6. The Morgan fingerprint density at radius 2 is 1.14 bits per heavy atom. The number of nitrogens with zero attached hydrogens (tertiary/aromatic N) is 2. The van der Waals surface area contributed by atoms with Gasteiger partial charge >= 0.3 is 0 Å². The van der Waals surface area contributed by atoms with Crippen LogP contribution in [-0.4, -0.2) is 37.8 Å². The number of carbonyl (C=O) groups excluding carboxylic acids is 4. The number of anilines is 2. The van der Waals surface area contributed by atoms with Crippen molar-refractivity contribution in [2.24, 2.45) is 41.4 Å². The lowest BCUT2D eigenvalue weighted by Gasteiger charge is -2.51. The molecule has 4 amide bonds. The zero-order chi connectivity index (χ0) is 30.3. The fraction of sp³-hybridized carbons (Fsp3) is 0.278. The largest absolute Gasteiger partial charge is 0.497 e. The molecule has 0 unspecified atom stereocenters. The Balaban J connectivity index is 1.25. The van der Waals surface area contributed by atoms with E-state index in [9.17, 15) is 19.2 Å². The van der Waals surface area contributed by atoms with Crippen LogP contribution >= 0.6 is 0 Å². The van der Waals surface area contributed by atoms with Crippen LogP contribution in [0.3, 0.4) is 0 Å². The topological polar surface area (TPSA) is 93.2 Å². The number of carbonyl (C=O) groups is 4. The second kappa shape index (κ2) is 9.77. The minimum Gasteiger partial charge on any atom is -0.497 e. The summed E-state index contributed by atoms with van der Waals surface area (Å²) in [7, 11) is 3.13. The fourth-order valence-electron chi connectivity index (χ4n) is 8.49. The van der Waals surface area contributed by atoms with Crippen LogP contribution < -0.4 is 19.3 Å². The van der Waals surface area contributed by atoms with Crippen molar-refractivity contribution in [2.45, 2.75) is 6.42 Å². The maximum atomic E-state index is 14.3. The van der Waals surface area contributed by atoms with Gasteiger partial charge in [0, 0.05) is 11.8 Å². The smallest absolute Gasteiger partial charge is 0.238 e. The summed E-state index contributed by atoms with van der Waals surface area (Å²) in [6.07, 6.45) is 4.49. The molecule has 1 saturated carbocycles. The average Bonchev–Trinajstić information content (AvgIpc) is 3.50. The molecule has 3 aromatic carbocycles. The molecular formula is C36H30N2O6. The molecule has 3 fully saturated rings. The summed E-state index contributed by atoms with van der Waals surface area (Å²) in [4.78, 5) is 59.3. The first-order valence-corrected chi connectivity index (χ1v) is 14.9. The standard InChI is InChI=1S/C36H30N2O6/c1-43-22-12-8-20(9-13-22)37-33(39)27-18-26(19-6-4-3-5-7-19)28-24-16-17-25(29(28)32(27)36(37)42)31-30(24)34(40)38(35(31)41)21-10-14-23(44-2)15-11-21/h3-17,24-25,27,29-32H,18H2,1-2H3/t24-,25+,27-,29-,30+,31-,32+/m0/s1. The van der Waals surface area contributed by atoms with E-state index in [-0.39, 0.29) is 35.5 Å². The third-order valence-electron chi connectivity index (χ3n) is 10.3. The van der Waals surface area contributed by atoms with Gasteiger partial charge in [-0.25, -0.2) is 0 Å². The predicted octanol–water partition coefficient (Wildman–Crippen LogP) is 4.90. The van der Waals surface area contributed by atoms with Gasteiger partial charge < -0.3 is 9.47 Å². The summed E-state index contributed by atoms with van der Waals surface area (Å²) >= 11 is 0. The quantitative estimate of drug-likeness (QED) is 0.312. The van der Waals surface area contributed by atoms with Crippen molar-refractivity contribution in [1.29, 1.82) is 0 Å². The van der Waals surface area contributed by atoms with Crippen molar-refractivity contribution in [2.75, 3.05) is 24.0 Å². The van der Waals surface area contributed by atoms with Crippen molar-refractivity contribution < 1.29 is 28.7 Å². The monoisotopic (exact) mass is 586 g/mol. The van der Waals surface area contributed by atoms with Crippen molar-refractivity contribution in [3.63, 3.8) is 0 Å². The highest BCUT2D eigenvalue weighted by Crippen LogP contribution is 2.63. The first-order valence-electron chi connectivity index (χ1n) is 14.9. The molecule has 0 radical (unpaired) electrons. The molecule has 7 atom stereocenters. The van der Waals surface area contributed by atoms with E-state index < -0.39 is 29.6 Å². The number of amides is 4. The first-order chi connectivity index (χ1) is 21.4. The van der Waals surface area contributed by atoms with Gasteiger partial charge in [-0.05, 0) is 72.0 Å². The average molecular weight is 587 g/mol. The lowest BCUT2D eigenvalue weighted by molar-refractivity contribution is -0.129. The Morgan fingerprint density at radius 1 is 0.591 bits per heavy atom. The van der Waals surface area contributed by atoms with E-state index in [1.807, 2.05) is 36.4 Å². The van der Waals surface area contributed by atoms with Gasteiger partial charge in [-0.2, -0.15) is 0 Å². The van der Waals surface area contributed by atoms with E-state index in [2.05, 4.69) is 6.08 Å². The number of rotatable bonds is 5. The highest BCUT2D eigenvalue weighted by molar-refractivity contribution is 6.24. The minimum atomic E-state index is -0.622. The van der Waals surface area contributed by atoms with Crippen LogP contribution in [0.2, 0.25) is 0 Å². The molecule has 0 N–H and O–H groups in total. The Kier molecular flexibility index (Phi) is 5.92. The van der Waals surface area contributed by atoms with Gasteiger partial charge in [0.05, 0.1) is 49.3 Å². The number of hydrogen-bond donors (Lipinski definition) is 0. The van der Waals surface area contributed by atoms with Crippen LogP contribution in [0.5, 0.6) is 11.5 Å². The summed E-state index contributed by atoms with van der Waals surface area (Å²) < 4.78 is 10.6. The second-order valence-corrected chi connectivity index (χ2v) is 12.1. The summed E-state index contributed by atoms with van der Waals surface area (Å²) in [5, 5.41) is 0. The molecule has 9 rings (SSSR count). The zero-order valence-corrected chi connectivity index (χ0v) is 24.3. The lowest BCUT2D eigenvalue weighted by Crippen LogP contribution is -2.51. The number of allylic oxidation sites excluding steroid dienone is 4. The predicted molar refractivity (Wildman–Crippen MR) is 163 cm³/mol. The molecule has 4 aliphatic carbocycles. The SMILES string of the molecule is COc1ccc(N2C(=O)[C@H]3[C@@H]4C=C[C@@H](C5=C(c6ccccc6)C[C@@H]6C(=O)N(c7ccc(OC)cc7)C(=O)[C@H]6[C@H]54)[C@H]3C2=O)cc1. The fourth-order valence-corrected chi connectivity index (χ4v) is 8.49. The highest BCUT2D eigenvalue weighted by atomic mass is 16.5. The van der Waals surface area contributed by atoms with Crippen molar-refractivity contribution >= 4 is 40.6 Å². The number of ether oxygens (including phenoxy) is 2. The molecule has 8 nitrogen and oxygen atoms in total. The van der Waals surface area contributed by atoms with E-state index in [0.29, 0.717) is 29.3 Å². The third-order valence-corrected chi connectivity index (χ3v) is 10.3. The Hall–Kier alpha value is -4.98. The second-order valence-electron chi connectivity index (χ2n) is 12.1. The molecule has 44 heavy (non-hydrogen) atoms. The summed E-state index contributed by atoms with van der Waals surface area (Å²) in [6.45, 7) is 0. The highest BCUT2D eigenvalue weighted by Gasteiger charge is 2.67. The lowest BCUT2D eigenvalue weighted by atomic mass is 9.49. The molecule has 2 heterocycles. The van der Waals surface area contributed by atoms with Crippen molar-refractivity contribution in [1.82, 2.24) is 0 Å². The summed E-state index contributed by atoms with van der Waals surface area (Å²) in [5.74, 6) is -3.15. The van der Waals surface area contributed by atoms with Gasteiger partial charge in [0.25, 0.3) is 0 Å². The van der Waals surface area contributed by atoms with Crippen LogP contribution in [-0.2, 0) is 19.2 Å². The molecule has 220 valence electrons. The molecule has 2 aliphatic heterocycles. The van der Waals surface area contributed by atoms with E-state index >= 15 is 0 Å². The maximum Gasteiger partial charge on any atom is 0.238 e. The number of methoxy groups -OCH3 is 2. The van der Waals surface area contributed by atoms with Crippen LogP contribution in [0.15, 0.2) is 96.6 Å². The molecule has 3 aromatic rings. The molecule has 0 spiro atoms. The Bertz CT molecular complexity index is 1780. The molecule has 2 bridgehead atoms. The normalized spacial score (nSPS) is 30.1. The van der Waals surface area contributed by atoms with Gasteiger partial charge in [0.1, 0.15) is 11.5 Å². The Labute approximate surface area is 254 Å². The summed E-state index contributed by atoms with van der Waals surface area (Å²) in [6, 6.07) is 23.8. The van der Waals surface area contributed by atoms with Gasteiger partial charge in [0.2, 0.25) is 23.6 Å². The molecule has 2 saturated heterocycles. The minimum absolute atomic E-state index is 0.223. The van der Waals surface area contributed by atoms with E-state index in [4.69, 9.17) is 9.47 Å². The number of benzene rings is 3. The van der Waals surface area contributed by atoms with Gasteiger partial charge in [0.15, 0.2) is 0 Å². The van der Waals surface area contributed by atoms with Gasteiger partial charge in [-0.1, -0.05) is 48.1 Å².